The van der Waals surface area contributed by atoms with E-state index in [4.69, 9.17) is 10.7 Å². The highest BCUT2D eigenvalue weighted by Crippen LogP contribution is 2.25. The first kappa shape index (κ1) is 24.6. The van der Waals surface area contributed by atoms with Gasteiger partial charge in [-0.3, -0.25) is 14.3 Å². The van der Waals surface area contributed by atoms with Crippen LogP contribution >= 0.6 is 0 Å². The molecule has 0 atom stereocenters. The van der Waals surface area contributed by atoms with Crippen LogP contribution in [-0.2, 0) is 17.9 Å². The number of nitrogens with two attached hydrogens (primary N) is 1. The van der Waals surface area contributed by atoms with Crippen molar-refractivity contribution in [3.8, 4) is 0 Å². The Hall–Kier alpha value is -4.54. The number of nitrogen functional groups attached to an aromatic ring is 1. The minimum atomic E-state index is -0.414. The summed E-state index contributed by atoms with van der Waals surface area (Å²) in [6.45, 7) is 3.46. The van der Waals surface area contributed by atoms with E-state index in [1.165, 1.54) is 12.4 Å². The number of hydrogen-bond donors (Lipinski definition) is 2. The molecule has 0 radical (unpaired) electrons. The highest BCUT2D eigenvalue weighted by Gasteiger charge is 2.17. The van der Waals surface area contributed by atoms with Crippen LogP contribution < -0.4 is 16.0 Å². The Morgan fingerprint density at radius 3 is 2.64 bits per heavy atom. The number of aromatic nitrogens is 5. The van der Waals surface area contributed by atoms with Crippen LogP contribution in [0, 0.1) is 6.92 Å². The molecule has 3 N–H and O–H groups in total. The van der Waals surface area contributed by atoms with E-state index in [0.29, 0.717) is 13.1 Å². The predicted molar refractivity (Wildman–Crippen MR) is 137 cm³/mol. The van der Waals surface area contributed by atoms with Crippen molar-refractivity contribution >= 4 is 34.4 Å². The first-order valence-corrected chi connectivity index (χ1v) is 11.5. The molecule has 4 rings (SSSR count). The third kappa shape index (κ3) is 5.57. The third-order valence-electron chi connectivity index (χ3n) is 5.90. The van der Waals surface area contributed by atoms with Gasteiger partial charge in [0, 0.05) is 69.5 Å². The van der Waals surface area contributed by atoms with Gasteiger partial charge in [-0.25, -0.2) is 15.0 Å². The van der Waals surface area contributed by atoms with E-state index in [2.05, 4.69) is 20.4 Å². The Bertz CT molecular complexity index is 1370. The lowest BCUT2D eigenvalue weighted by atomic mass is 10.1. The number of carbonyl (C=O) groups is 2. The molecule has 0 saturated carbocycles. The highest BCUT2D eigenvalue weighted by molar-refractivity contribution is 5.96. The maximum atomic E-state index is 12.7. The van der Waals surface area contributed by atoms with Gasteiger partial charge in [-0.15, -0.1) is 0 Å². The second-order valence-electron chi connectivity index (χ2n) is 8.53. The molecule has 11 heteroatoms. The summed E-state index contributed by atoms with van der Waals surface area (Å²) < 4.78 is 1.60. The van der Waals surface area contributed by atoms with E-state index in [0.717, 1.165) is 27.8 Å². The highest BCUT2D eigenvalue weighted by atomic mass is 16.2. The topological polar surface area (TPSA) is 135 Å². The minimum absolute atomic E-state index is 0.0385. The Labute approximate surface area is 209 Å². The number of para-hydroxylation sites is 1. The summed E-state index contributed by atoms with van der Waals surface area (Å²) in [5, 5.41) is 7.94. The summed E-state index contributed by atoms with van der Waals surface area (Å²) in [5.74, 6) is 0.338. The smallest absolute Gasteiger partial charge is 0.273 e. The van der Waals surface area contributed by atoms with E-state index < -0.39 is 5.91 Å². The van der Waals surface area contributed by atoms with Gasteiger partial charge in [0.2, 0.25) is 5.91 Å². The molecule has 0 aliphatic rings. The van der Waals surface area contributed by atoms with Crippen molar-refractivity contribution in [3.05, 3.63) is 71.9 Å². The zero-order valence-corrected chi connectivity index (χ0v) is 20.5. The van der Waals surface area contributed by atoms with Gasteiger partial charge in [0.1, 0.15) is 12.4 Å². The fraction of sp³-hybridized carbons (Fsp3) is 0.280. The Balaban J connectivity index is 1.52. The van der Waals surface area contributed by atoms with Gasteiger partial charge in [0.05, 0.1) is 5.52 Å². The number of anilines is 2. The second-order valence-corrected chi connectivity index (χ2v) is 8.53. The van der Waals surface area contributed by atoms with Gasteiger partial charge in [-0.05, 0) is 24.6 Å². The van der Waals surface area contributed by atoms with Crippen LogP contribution in [0.5, 0.6) is 0 Å². The Morgan fingerprint density at radius 1 is 1.08 bits per heavy atom. The maximum absolute atomic E-state index is 12.7. The molecule has 186 valence electrons. The van der Waals surface area contributed by atoms with Gasteiger partial charge in [0.25, 0.3) is 5.91 Å². The zero-order valence-electron chi connectivity index (χ0n) is 20.5. The molecule has 0 bridgehead atoms. The van der Waals surface area contributed by atoms with Crippen molar-refractivity contribution in [2.24, 2.45) is 0 Å². The summed E-state index contributed by atoms with van der Waals surface area (Å²) in [6, 6.07) is 9.79. The second kappa shape index (κ2) is 10.8. The van der Waals surface area contributed by atoms with Gasteiger partial charge < -0.3 is 20.9 Å². The van der Waals surface area contributed by atoms with E-state index >= 15 is 0 Å². The van der Waals surface area contributed by atoms with Crippen LogP contribution in [0.4, 0.5) is 11.6 Å². The van der Waals surface area contributed by atoms with Gasteiger partial charge >= 0.3 is 0 Å². The molecule has 11 nitrogen and oxygen atoms in total. The van der Waals surface area contributed by atoms with Crippen LogP contribution in [0.15, 0.2) is 55.1 Å². The van der Waals surface area contributed by atoms with Crippen LogP contribution in [0.1, 0.15) is 21.6 Å². The molecule has 0 fully saturated rings. The van der Waals surface area contributed by atoms with E-state index in [1.54, 1.807) is 35.1 Å². The molecule has 0 spiro atoms. The molecule has 0 aliphatic carbocycles. The molecule has 0 aliphatic heterocycles. The Kier molecular flexibility index (Phi) is 7.38. The molecule has 1 aromatic carbocycles. The van der Waals surface area contributed by atoms with E-state index in [-0.39, 0.29) is 30.5 Å². The standard InChI is InChI=1S/C25H29N9O2/c1-17-6-4-7-18-14-19(15-29-25(36)22-23(26)28-10-9-27-22)24(31-21(17)18)33(3)13-12-32(2)20(35)16-34-11-5-8-30-34/h4-11,14H,12-13,15-16H2,1-3H3,(H2,26,28)(H,29,36). The number of aryl methyl sites for hydroxylation is 1. The van der Waals surface area contributed by atoms with E-state index in [9.17, 15) is 9.59 Å². The van der Waals surface area contributed by atoms with Crippen LogP contribution in [-0.4, -0.2) is 68.6 Å². The number of amides is 2. The van der Waals surface area contributed by atoms with Gasteiger partial charge in [-0.2, -0.15) is 5.10 Å². The lowest BCUT2D eigenvalue weighted by Crippen LogP contribution is -2.37. The number of pyridine rings is 1. The molecule has 2 amide bonds. The first-order chi connectivity index (χ1) is 17.3. The first-order valence-electron chi connectivity index (χ1n) is 11.5. The molecule has 0 unspecified atom stereocenters. The minimum Gasteiger partial charge on any atom is -0.382 e. The quantitative estimate of drug-likeness (QED) is 0.364. The summed E-state index contributed by atoms with van der Waals surface area (Å²) in [5.41, 5.74) is 8.65. The third-order valence-corrected chi connectivity index (χ3v) is 5.90. The molecule has 0 saturated heterocycles. The molecular weight excluding hydrogens is 458 g/mol. The molecule has 36 heavy (non-hydrogen) atoms. The van der Waals surface area contributed by atoms with E-state index in [1.807, 2.05) is 43.1 Å². The number of carbonyl (C=O) groups excluding carboxylic acids is 2. The molecule has 3 aromatic heterocycles. The molecule has 3 heterocycles. The number of fused-ring (bicyclic) bond motifs is 1. The van der Waals surface area contributed by atoms with Crippen LogP contribution in [0.25, 0.3) is 10.9 Å². The number of rotatable bonds is 9. The monoisotopic (exact) mass is 487 g/mol. The van der Waals surface area contributed by atoms with Crippen molar-refractivity contribution < 1.29 is 9.59 Å². The SMILES string of the molecule is Cc1cccc2cc(CNC(=O)c3nccnc3N)c(N(C)CCN(C)C(=O)Cn3cccn3)nc12. The van der Waals surface area contributed by atoms with Crippen LogP contribution in [0.2, 0.25) is 0 Å². The number of hydrogen-bond acceptors (Lipinski definition) is 8. The van der Waals surface area contributed by atoms with Gasteiger partial charge in [-0.1, -0.05) is 18.2 Å². The summed E-state index contributed by atoms with van der Waals surface area (Å²) in [6.07, 6.45) is 6.27. The average Bonchev–Trinajstić information content (AvgIpc) is 3.38. The Morgan fingerprint density at radius 2 is 1.89 bits per heavy atom. The summed E-state index contributed by atoms with van der Waals surface area (Å²) in [4.78, 5) is 41.8. The number of nitrogens with zero attached hydrogens (tertiary/aromatic N) is 7. The number of likely N-dealkylation sites (N-methyl/N-ethyl adjacent to an activating group) is 2. The number of nitrogens with one attached hydrogen (secondary N) is 1. The van der Waals surface area contributed by atoms with Crippen LogP contribution in [0.3, 0.4) is 0 Å². The maximum Gasteiger partial charge on any atom is 0.273 e. The van der Waals surface area contributed by atoms with Crippen molar-refractivity contribution in [2.75, 3.05) is 37.8 Å². The fourth-order valence-corrected chi connectivity index (χ4v) is 3.81. The van der Waals surface area contributed by atoms with Crippen molar-refractivity contribution in [2.45, 2.75) is 20.0 Å². The van der Waals surface area contributed by atoms with Gasteiger partial charge in [0.15, 0.2) is 11.5 Å². The average molecular weight is 488 g/mol. The largest absolute Gasteiger partial charge is 0.382 e. The molecule has 4 aromatic rings. The normalized spacial score (nSPS) is 10.9. The van der Waals surface area contributed by atoms with Crippen molar-refractivity contribution in [1.29, 1.82) is 0 Å². The number of benzene rings is 1. The lowest BCUT2D eigenvalue weighted by molar-refractivity contribution is -0.130. The zero-order chi connectivity index (χ0) is 25.7. The molecular formula is C25H29N9O2. The fourth-order valence-electron chi connectivity index (χ4n) is 3.81. The van der Waals surface area contributed by atoms with Crippen molar-refractivity contribution in [1.82, 2.24) is 34.9 Å². The predicted octanol–water partition coefficient (Wildman–Crippen LogP) is 1.64. The summed E-state index contributed by atoms with van der Waals surface area (Å²) >= 11 is 0. The summed E-state index contributed by atoms with van der Waals surface area (Å²) in [7, 11) is 3.69. The van der Waals surface area contributed by atoms with Crippen molar-refractivity contribution in [3.63, 3.8) is 0 Å². The lowest BCUT2D eigenvalue weighted by Gasteiger charge is -2.25.